The normalized spacial score (nSPS) is 13.0. The number of fused-ring (bicyclic) bond motifs is 17. The Morgan fingerprint density at radius 3 is 1.51 bits per heavy atom. The Labute approximate surface area is 390 Å². The van der Waals surface area contributed by atoms with Crippen LogP contribution in [-0.4, -0.2) is 0 Å². The second-order valence-corrected chi connectivity index (χ2v) is 17.9. The number of nitrogens with zero attached hydrogens (tertiary/aromatic N) is 1. The summed E-state index contributed by atoms with van der Waals surface area (Å²) >= 11 is 0. The molecule has 1 heterocycles. The lowest BCUT2D eigenvalue weighted by atomic mass is 9.70. The fourth-order valence-electron chi connectivity index (χ4n) is 11.6. The summed E-state index contributed by atoms with van der Waals surface area (Å²) in [6.45, 7) is 0. The maximum atomic E-state index is 7.28. The van der Waals surface area contributed by atoms with Gasteiger partial charge in [0.25, 0.3) is 0 Å². The molecule has 11 aromatic carbocycles. The van der Waals surface area contributed by atoms with Crippen LogP contribution in [0.2, 0.25) is 0 Å². The van der Waals surface area contributed by atoms with Crippen molar-refractivity contribution in [3.05, 3.63) is 271 Å². The molecule has 312 valence electrons. The molecular formula is C65H41NO. The van der Waals surface area contributed by atoms with Gasteiger partial charge in [0.05, 0.1) is 11.1 Å². The van der Waals surface area contributed by atoms with E-state index in [1.54, 1.807) is 0 Å². The maximum absolute atomic E-state index is 7.28. The Bertz CT molecular complexity index is 3710. The van der Waals surface area contributed by atoms with Crippen LogP contribution in [0.3, 0.4) is 0 Å². The molecule has 0 N–H and O–H groups in total. The summed E-state index contributed by atoms with van der Waals surface area (Å²) in [5.41, 5.74) is 22.1. The largest absolute Gasteiger partial charge is 0.456 e. The third-order valence-electron chi connectivity index (χ3n) is 14.5. The van der Waals surface area contributed by atoms with Crippen LogP contribution >= 0.6 is 0 Å². The van der Waals surface area contributed by atoms with Gasteiger partial charge in [0.15, 0.2) is 0 Å². The highest BCUT2D eigenvalue weighted by Gasteiger charge is 2.51. The van der Waals surface area contributed by atoms with Crippen molar-refractivity contribution in [1.29, 1.82) is 0 Å². The average Bonchev–Trinajstić information content (AvgIpc) is 3.80. The lowest BCUT2D eigenvalue weighted by molar-refractivity contribution is 0.488. The van der Waals surface area contributed by atoms with Crippen LogP contribution in [0.25, 0.3) is 77.5 Å². The summed E-state index contributed by atoms with van der Waals surface area (Å²) in [5, 5.41) is 2.36. The van der Waals surface area contributed by atoms with E-state index >= 15 is 0 Å². The average molecular weight is 852 g/mol. The molecule has 2 heteroatoms. The summed E-state index contributed by atoms with van der Waals surface area (Å²) in [7, 11) is 0. The first-order chi connectivity index (χ1) is 33.2. The fourth-order valence-corrected chi connectivity index (χ4v) is 11.6. The highest BCUT2D eigenvalue weighted by atomic mass is 16.5. The Morgan fingerprint density at radius 1 is 0.299 bits per heavy atom. The molecule has 0 unspecified atom stereocenters. The number of hydrogen-bond donors (Lipinski definition) is 0. The maximum Gasteiger partial charge on any atom is 0.137 e. The lowest BCUT2D eigenvalue weighted by Gasteiger charge is -2.33. The van der Waals surface area contributed by atoms with Gasteiger partial charge in [0.1, 0.15) is 11.5 Å². The molecule has 11 aromatic rings. The minimum absolute atomic E-state index is 0.491. The SMILES string of the molecule is c1ccc(-c2ccc(N(c3ccc4c(c3)C3(c5ccccc5-c5ccccc53)c3ccccc3-4)c3cccc4c3-c3c(ccc5ccccc35)-c3ccc(-c5ccccc5)cc3O4)cc2)cc1. The van der Waals surface area contributed by atoms with Crippen molar-refractivity contribution in [2.45, 2.75) is 5.41 Å². The van der Waals surface area contributed by atoms with E-state index in [0.29, 0.717) is 0 Å². The van der Waals surface area contributed by atoms with E-state index in [4.69, 9.17) is 4.74 Å². The molecule has 0 bridgehead atoms. The van der Waals surface area contributed by atoms with Crippen molar-refractivity contribution >= 4 is 27.8 Å². The van der Waals surface area contributed by atoms with E-state index < -0.39 is 5.41 Å². The molecule has 1 spiro atoms. The van der Waals surface area contributed by atoms with Crippen LogP contribution in [0.5, 0.6) is 11.5 Å². The van der Waals surface area contributed by atoms with Gasteiger partial charge in [-0.25, -0.2) is 0 Å². The highest BCUT2D eigenvalue weighted by Crippen LogP contribution is 2.64. The zero-order valence-corrected chi connectivity index (χ0v) is 36.5. The molecule has 0 saturated heterocycles. The molecule has 0 fully saturated rings. The van der Waals surface area contributed by atoms with Gasteiger partial charge in [-0.05, 0) is 132 Å². The van der Waals surface area contributed by atoms with E-state index in [0.717, 1.165) is 61.9 Å². The molecule has 2 aliphatic carbocycles. The molecule has 0 amide bonds. The topological polar surface area (TPSA) is 12.5 Å². The number of anilines is 3. The van der Waals surface area contributed by atoms with E-state index in [1.807, 2.05) is 0 Å². The van der Waals surface area contributed by atoms with Crippen molar-refractivity contribution in [3.63, 3.8) is 0 Å². The summed E-state index contributed by atoms with van der Waals surface area (Å²) in [4.78, 5) is 2.47. The van der Waals surface area contributed by atoms with Gasteiger partial charge < -0.3 is 9.64 Å². The van der Waals surface area contributed by atoms with Crippen molar-refractivity contribution in [2.24, 2.45) is 0 Å². The standard InChI is InChI=1S/C65H41NO/c1-3-16-42(17-4-1)44-30-34-47(35-31-44)66(48-36-39-53-52-24-11-14-27-58(52)65(59(53)41-48)56-25-12-9-22-50(56)51-23-10-13-26-57(51)65)60-28-15-29-61-64(60)63-49-21-8-7-20-45(49)32-38-55(63)54-37-33-46(40-62(54)67-61)43-18-5-2-6-19-43/h1-41H. The van der Waals surface area contributed by atoms with Gasteiger partial charge in [-0.2, -0.15) is 0 Å². The minimum Gasteiger partial charge on any atom is -0.456 e. The Balaban J connectivity index is 1.05. The molecule has 0 aromatic heterocycles. The van der Waals surface area contributed by atoms with Crippen molar-refractivity contribution in [2.75, 3.05) is 4.90 Å². The van der Waals surface area contributed by atoms with Gasteiger partial charge >= 0.3 is 0 Å². The second kappa shape index (κ2) is 14.7. The molecule has 67 heavy (non-hydrogen) atoms. The van der Waals surface area contributed by atoms with Gasteiger partial charge in [0, 0.05) is 28.1 Å². The molecule has 0 atom stereocenters. The van der Waals surface area contributed by atoms with Gasteiger partial charge in [-0.3, -0.25) is 0 Å². The van der Waals surface area contributed by atoms with Crippen molar-refractivity contribution in [1.82, 2.24) is 0 Å². The number of benzene rings is 11. The summed E-state index contributed by atoms with van der Waals surface area (Å²) in [6, 6.07) is 91.2. The molecule has 0 saturated carbocycles. The quantitative estimate of drug-likeness (QED) is 0.171. The Hall–Kier alpha value is -8.72. The van der Waals surface area contributed by atoms with Crippen LogP contribution in [0.1, 0.15) is 22.3 Å². The van der Waals surface area contributed by atoms with Crippen LogP contribution in [0.4, 0.5) is 17.1 Å². The molecule has 2 nitrogen and oxygen atoms in total. The van der Waals surface area contributed by atoms with Crippen LogP contribution in [-0.2, 0) is 5.41 Å². The van der Waals surface area contributed by atoms with E-state index in [9.17, 15) is 0 Å². The first kappa shape index (κ1) is 37.6. The third kappa shape index (κ3) is 5.51. The Kier molecular flexibility index (Phi) is 8.23. The van der Waals surface area contributed by atoms with Crippen LogP contribution < -0.4 is 9.64 Å². The first-order valence-electron chi connectivity index (χ1n) is 23.2. The van der Waals surface area contributed by atoms with Gasteiger partial charge in [-0.15, -0.1) is 0 Å². The predicted molar refractivity (Wildman–Crippen MR) is 277 cm³/mol. The van der Waals surface area contributed by atoms with E-state index in [2.05, 4.69) is 254 Å². The molecular weight excluding hydrogens is 811 g/mol. The van der Waals surface area contributed by atoms with Gasteiger partial charge in [-0.1, -0.05) is 200 Å². The molecule has 3 aliphatic rings. The summed E-state index contributed by atoms with van der Waals surface area (Å²) < 4.78 is 7.28. The summed E-state index contributed by atoms with van der Waals surface area (Å²) in [5.74, 6) is 1.65. The lowest BCUT2D eigenvalue weighted by Crippen LogP contribution is -2.26. The smallest absolute Gasteiger partial charge is 0.137 e. The number of hydrogen-bond acceptors (Lipinski definition) is 2. The van der Waals surface area contributed by atoms with Crippen LogP contribution in [0, 0.1) is 0 Å². The first-order valence-corrected chi connectivity index (χ1v) is 23.2. The molecule has 14 rings (SSSR count). The number of rotatable bonds is 5. The zero-order chi connectivity index (χ0) is 44.1. The predicted octanol–water partition coefficient (Wildman–Crippen LogP) is 17.4. The second-order valence-electron chi connectivity index (χ2n) is 17.9. The highest BCUT2D eigenvalue weighted by molar-refractivity contribution is 6.11. The Morgan fingerprint density at radius 2 is 0.821 bits per heavy atom. The zero-order valence-electron chi connectivity index (χ0n) is 36.5. The van der Waals surface area contributed by atoms with Crippen LogP contribution in [0.15, 0.2) is 249 Å². The number of ether oxygens (including phenoxy) is 1. The van der Waals surface area contributed by atoms with Crippen molar-refractivity contribution < 1.29 is 4.74 Å². The monoisotopic (exact) mass is 851 g/mol. The minimum atomic E-state index is -0.491. The van der Waals surface area contributed by atoms with Crippen molar-refractivity contribution in [3.8, 4) is 78.3 Å². The van der Waals surface area contributed by atoms with E-state index in [1.165, 1.54) is 66.4 Å². The molecule has 1 aliphatic heterocycles. The van der Waals surface area contributed by atoms with Gasteiger partial charge in [0.2, 0.25) is 0 Å². The fraction of sp³-hybridized carbons (Fsp3) is 0.0154. The summed E-state index contributed by atoms with van der Waals surface area (Å²) in [6.07, 6.45) is 0. The third-order valence-corrected chi connectivity index (χ3v) is 14.5. The van der Waals surface area contributed by atoms with E-state index in [-0.39, 0.29) is 0 Å². The molecule has 0 radical (unpaired) electrons.